The molecule has 0 radical (unpaired) electrons. The van der Waals surface area contributed by atoms with E-state index in [0.717, 1.165) is 0 Å². The van der Waals surface area contributed by atoms with Crippen molar-refractivity contribution in [2.75, 3.05) is 0 Å². The first-order valence-corrected chi connectivity index (χ1v) is 5.59. The zero-order chi connectivity index (χ0) is 12.0. The van der Waals surface area contributed by atoms with Crippen molar-refractivity contribution in [1.82, 2.24) is 9.78 Å². The molecule has 0 aliphatic rings. The fourth-order valence-corrected chi connectivity index (χ4v) is 2.03. The van der Waals surface area contributed by atoms with E-state index in [1.807, 2.05) is 11.7 Å². The van der Waals surface area contributed by atoms with Crippen molar-refractivity contribution in [3.05, 3.63) is 17.0 Å². The molecule has 0 aliphatic carbocycles. The summed E-state index contributed by atoms with van der Waals surface area (Å²) in [5.41, 5.74) is 4.20. The molecule has 1 rings (SSSR count). The van der Waals surface area contributed by atoms with E-state index >= 15 is 0 Å². The van der Waals surface area contributed by atoms with Crippen LogP contribution < -0.4 is 0 Å². The molecule has 86 valence electrons. The lowest BCUT2D eigenvalue weighted by Crippen LogP contribution is -2.21. The molecule has 0 amide bonds. The summed E-state index contributed by atoms with van der Waals surface area (Å²) in [7, 11) is 2.03. The maximum Gasteiger partial charge on any atom is 0.0717 e. The summed E-state index contributed by atoms with van der Waals surface area (Å²) in [5, 5.41) is 4.66. The minimum Gasteiger partial charge on any atom is -0.272 e. The molecule has 0 N–H and O–H groups in total. The summed E-state index contributed by atoms with van der Waals surface area (Å²) in [4.78, 5) is 0. The van der Waals surface area contributed by atoms with E-state index < -0.39 is 0 Å². The molecule has 2 nitrogen and oxygen atoms in total. The van der Waals surface area contributed by atoms with Gasteiger partial charge in [-0.1, -0.05) is 41.5 Å². The molecule has 2 heteroatoms. The van der Waals surface area contributed by atoms with Crippen molar-refractivity contribution in [2.24, 2.45) is 7.05 Å². The van der Waals surface area contributed by atoms with E-state index in [-0.39, 0.29) is 10.8 Å². The van der Waals surface area contributed by atoms with Gasteiger partial charge in [-0.3, -0.25) is 4.68 Å². The van der Waals surface area contributed by atoms with E-state index in [9.17, 15) is 0 Å². The molecule has 1 aromatic rings. The first-order chi connectivity index (χ1) is 6.55. The molecule has 1 aromatic heterocycles. The van der Waals surface area contributed by atoms with Crippen molar-refractivity contribution in [3.63, 3.8) is 0 Å². The van der Waals surface area contributed by atoms with Crippen LogP contribution in [0.4, 0.5) is 0 Å². The molecule has 0 bridgehead atoms. The second-order valence-electron chi connectivity index (χ2n) is 6.43. The van der Waals surface area contributed by atoms with Gasteiger partial charge in [0, 0.05) is 23.7 Å². The van der Waals surface area contributed by atoms with Crippen LogP contribution in [0.3, 0.4) is 0 Å². The second-order valence-corrected chi connectivity index (χ2v) is 6.43. The summed E-state index contributed by atoms with van der Waals surface area (Å²) in [5.74, 6) is 0. The Bertz CT molecular complexity index is 359. The maximum atomic E-state index is 4.66. The van der Waals surface area contributed by atoms with Gasteiger partial charge in [0.15, 0.2) is 0 Å². The first-order valence-electron chi connectivity index (χ1n) is 5.59. The third-order valence-corrected chi connectivity index (χ3v) is 2.79. The van der Waals surface area contributed by atoms with E-state index in [0.29, 0.717) is 0 Å². The summed E-state index contributed by atoms with van der Waals surface area (Å²) in [6.45, 7) is 15.6. The largest absolute Gasteiger partial charge is 0.272 e. The molecule has 0 saturated carbocycles. The van der Waals surface area contributed by atoms with E-state index in [4.69, 9.17) is 0 Å². The molecule has 1 heterocycles. The second kappa shape index (κ2) is 3.36. The van der Waals surface area contributed by atoms with Gasteiger partial charge in [-0.05, 0) is 12.3 Å². The van der Waals surface area contributed by atoms with Gasteiger partial charge in [0.05, 0.1) is 5.69 Å². The predicted octanol–water partition coefficient (Wildman–Crippen LogP) is 3.32. The molecule has 0 saturated heterocycles. The molecule has 0 unspecified atom stereocenters. The maximum absolute atomic E-state index is 4.66. The van der Waals surface area contributed by atoms with Gasteiger partial charge in [-0.2, -0.15) is 5.10 Å². The van der Waals surface area contributed by atoms with Crippen LogP contribution in [-0.2, 0) is 17.9 Å². The van der Waals surface area contributed by atoms with Crippen molar-refractivity contribution < 1.29 is 0 Å². The lowest BCUT2D eigenvalue weighted by atomic mass is 9.78. The number of aromatic nitrogens is 2. The molecular weight excluding hydrogens is 184 g/mol. The Kier molecular flexibility index (Phi) is 2.75. The number of rotatable bonds is 0. The minimum absolute atomic E-state index is 0.120. The minimum atomic E-state index is 0.120. The van der Waals surface area contributed by atoms with Crippen LogP contribution >= 0.6 is 0 Å². The SMILES string of the molecule is Cc1c(C(C)(C)C)c(C(C)(C)C)nn1C. The Hall–Kier alpha value is -0.790. The topological polar surface area (TPSA) is 17.8 Å². The van der Waals surface area contributed by atoms with E-state index in [1.165, 1.54) is 17.0 Å². The Labute approximate surface area is 93.7 Å². The highest BCUT2D eigenvalue weighted by Crippen LogP contribution is 2.34. The monoisotopic (exact) mass is 208 g/mol. The van der Waals surface area contributed by atoms with Crippen molar-refractivity contribution in [1.29, 1.82) is 0 Å². The highest BCUT2D eigenvalue weighted by Gasteiger charge is 2.30. The number of hydrogen-bond donors (Lipinski definition) is 0. The van der Waals surface area contributed by atoms with Gasteiger partial charge >= 0.3 is 0 Å². The summed E-state index contributed by atoms with van der Waals surface area (Å²) in [6.07, 6.45) is 0. The van der Waals surface area contributed by atoms with Crippen LogP contribution in [0.2, 0.25) is 0 Å². The third kappa shape index (κ3) is 2.24. The molecule has 0 atom stereocenters. The number of hydrogen-bond acceptors (Lipinski definition) is 1. The van der Waals surface area contributed by atoms with Gasteiger partial charge in [0.1, 0.15) is 0 Å². The van der Waals surface area contributed by atoms with Crippen LogP contribution in [0.1, 0.15) is 58.5 Å². The summed E-state index contributed by atoms with van der Waals surface area (Å²) < 4.78 is 2.00. The molecule has 15 heavy (non-hydrogen) atoms. The summed E-state index contributed by atoms with van der Waals surface area (Å²) >= 11 is 0. The average molecular weight is 208 g/mol. The van der Waals surface area contributed by atoms with Gasteiger partial charge in [0.2, 0.25) is 0 Å². The zero-order valence-corrected chi connectivity index (χ0v) is 11.4. The molecule has 0 aromatic carbocycles. The average Bonchev–Trinajstić information content (AvgIpc) is 2.25. The van der Waals surface area contributed by atoms with Crippen LogP contribution in [0.15, 0.2) is 0 Å². The molecular formula is C13H24N2. The van der Waals surface area contributed by atoms with Gasteiger partial charge < -0.3 is 0 Å². The smallest absolute Gasteiger partial charge is 0.0717 e. The van der Waals surface area contributed by atoms with Crippen LogP contribution in [0, 0.1) is 6.92 Å². The highest BCUT2D eigenvalue weighted by molar-refractivity contribution is 5.36. The first kappa shape index (κ1) is 12.3. The van der Waals surface area contributed by atoms with Crippen molar-refractivity contribution >= 4 is 0 Å². The number of nitrogens with zero attached hydrogens (tertiary/aromatic N) is 2. The Morgan fingerprint density at radius 3 is 1.67 bits per heavy atom. The van der Waals surface area contributed by atoms with Crippen molar-refractivity contribution in [3.8, 4) is 0 Å². The highest BCUT2D eigenvalue weighted by atomic mass is 15.3. The van der Waals surface area contributed by atoms with Gasteiger partial charge in [-0.25, -0.2) is 0 Å². The fourth-order valence-electron chi connectivity index (χ4n) is 2.03. The normalized spacial score (nSPS) is 13.3. The van der Waals surface area contributed by atoms with Crippen LogP contribution in [0.25, 0.3) is 0 Å². The van der Waals surface area contributed by atoms with Crippen LogP contribution in [0.5, 0.6) is 0 Å². The van der Waals surface area contributed by atoms with E-state index in [2.05, 4.69) is 53.6 Å². The standard InChI is InChI=1S/C13H24N2/c1-9-10(12(2,3)4)11(13(5,6)7)14-15(9)8/h1-8H3. The van der Waals surface area contributed by atoms with Crippen LogP contribution in [-0.4, -0.2) is 9.78 Å². The van der Waals surface area contributed by atoms with E-state index in [1.54, 1.807) is 0 Å². The quantitative estimate of drug-likeness (QED) is 0.639. The fraction of sp³-hybridized carbons (Fsp3) is 0.769. The van der Waals surface area contributed by atoms with Crippen molar-refractivity contribution in [2.45, 2.75) is 59.3 Å². The summed E-state index contributed by atoms with van der Waals surface area (Å²) in [6, 6.07) is 0. The van der Waals surface area contributed by atoms with Gasteiger partial charge in [-0.15, -0.1) is 0 Å². The predicted molar refractivity (Wildman–Crippen MR) is 65.3 cm³/mol. The van der Waals surface area contributed by atoms with Gasteiger partial charge in [0.25, 0.3) is 0 Å². The lowest BCUT2D eigenvalue weighted by Gasteiger charge is -2.25. The Morgan fingerprint density at radius 1 is 0.933 bits per heavy atom. The molecule has 0 aliphatic heterocycles. The lowest BCUT2D eigenvalue weighted by molar-refractivity contribution is 0.516. The molecule has 0 spiro atoms. The third-order valence-electron chi connectivity index (χ3n) is 2.79. The zero-order valence-electron chi connectivity index (χ0n) is 11.4. The number of aryl methyl sites for hydroxylation is 1. The Balaban J connectivity index is 3.48. The Morgan fingerprint density at radius 2 is 1.40 bits per heavy atom. The molecule has 0 fully saturated rings.